The Morgan fingerprint density at radius 1 is 1.11 bits per heavy atom. The molecule has 27 heavy (non-hydrogen) atoms. The molecule has 142 valence electrons. The number of benzene rings is 2. The summed E-state index contributed by atoms with van der Waals surface area (Å²) < 4.78 is 10.5. The van der Waals surface area contributed by atoms with Gasteiger partial charge in [0.25, 0.3) is 5.91 Å². The van der Waals surface area contributed by atoms with Gasteiger partial charge in [0.05, 0.1) is 25.1 Å². The first kappa shape index (κ1) is 18.8. The van der Waals surface area contributed by atoms with Crippen LogP contribution in [0.4, 0.5) is 11.4 Å². The van der Waals surface area contributed by atoms with E-state index in [2.05, 4.69) is 5.32 Å². The van der Waals surface area contributed by atoms with Gasteiger partial charge in [-0.05, 0) is 44.5 Å². The molecule has 1 amide bonds. The van der Waals surface area contributed by atoms with Gasteiger partial charge in [0.2, 0.25) is 0 Å². The van der Waals surface area contributed by atoms with Crippen molar-refractivity contribution in [2.24, 2.45) is 0 Å². The van der Waals surface area contributed by atoms with E-state index < -0.39 is 11.5 Å². The molecule has 0 unspecified atom stereocenters. The lowest BCUT2D eigenvalue weighted by molar-refractivity contribution is -0.122. The van der Waals surface area contributed by atoms with Crippen molar-refractivity contribution >= 4 is 23.3 Å². The Hall–Kier alpha value is -3.02. The summed E-state index contributed by atoms with van der Waals surface area (Å²) in [6.07, 6.45) is 0.539. The molecule has 1 aliphatic heterocycles. The third-order valence-electron chi connectivity index (χ3n) is 4.51. The van der Waals surface area contributed by atoms with Gasteiger partial charge in [-0.25, -0.2) is 4.79 Å². The fourth-order valence-corrected chi connectivity index (χ4v) is 3.15. The number of carbonyl (C=O) groups excluding carboxylic acids is 2. The van der Waals surface area contributed by atoms with Crippen molar-refractivity contribution < 1.29 is 19.1 Å². The van der Waals surface area contributed by atoms with E-state index in [0.29, 0.717) is 24.3 Å². The molecule has 0 atom stereocenters. The van der Waals surface area contributed by atoms with Gasteiger partial charge in [0.15, 0.2) is 0 Å². The molecule has 1 aliphatic rings. The van der Waals surface area contributed by atoms with Crippen LogP contribution in [0.5, 0.6) is 5.75 Å². The molecule has 2 aromatic rings. The van der Waals surface area contributed by atoms with Crippen LogP contribution in [0.25, 0.3) is 0 Å². The topological polar surface area (TPSA) is 67.9 Å². The van der Waals surface area contributed by atoms with Crippen LogP contribution in [0.1, 0.15) is 30.6 Å². The summed E-state index contributed by atoms with van der Waals surface area (Å²) in [5, 5.41) is 3.27. The molecule has 0 aliphatic carbocycles. The van der Waals surface area contributed by atoms with E-state index in [9.17, 15) is 9.59 Å². The molecule has 0 bridgehead atoms. The number of esters is 1. The molecule has 0 saturated heterocycles. The van der Waals surface area contributed by atoms with Gasteiger partial charge in [-0.1, -0.05) is 24.3 Å². The minimum absolute atomic E-state index is 0.00254. The third-order valence-corrected chi connectivity index (χ3v) is 4.51. The second kappa shape index (κ2) is 7.70. The molecule has 6 nitrogen and oxygen atoms in total. The zero-order valence-corrected chi connectivity index (χ0v) is 15.8. The number of amides is 1. The van der Waals surface area contributed by atoms with E-state index in [-0.39, 0.29) is 12.5 Å². The van der Waals surface area contributed by atoms with Crippen molar-refractivity contribution in [3.05, 3.63) is 54.1 Å². The number of nitrogens with zero attached hydrogens (tertiary/aromatic N) is 1. The Bertz CT molecular complexity index is 848. The van der Waals surface area contributed by atoms with Gasteiger partial charge in [0, 0.05) is 6.54 Å². The first-order valence-corrected chi connectivity index (χ1v) is 8.93. The molecule has 0 radical (unpaired) electrons. The zero-order valence-electron chi connectivity index (χ0n) is 15.8. The number of para-hydroxylation sites is 3. The van der Waals surface area contributed by atoms with Crippen molar-refractivity contribution in [2.45, 2.75) is 25.8 Å². The van der Waals surface area contributed by atoms with Gasteiger partial charge >= 0.3 is 5.97 Å². The number of hydrogen-bond acceptors (Lipinski definition) is 5. The van der Waals surface area contributed by atoms with E-state index in [1.165, 1.54) is 7.11 Å². The summed E-state index contributed by atoms with van der Waals surface area (Å²) in [7, 11) is 1.52. The molecule has 0 saturated carbocycles. The lowest BCUT2D eigenvalue weighted by Gasteiger charge is -2.40. The summed E-state index contributed by atoms with van der Waals surface area (Å²) >= 11 is 0. The molecular formula is C21H24N2O4. The van der Waals surface area contributed by atoms with E-state index in [1.807, 2.05) is 38.1 Å². The molecule has 0 aromatic heterocycles. The zero-order chi connectivity index (χ0) is 19.4. The predicted octanol–water partition coefficient (Wildman–Crippen LogP) is 3.48. The van der Waals surface area contributed by atoms with Crippen molar-refractivity contribution in [3.8, 4) is 5.75 Å². The first-order chi connectivity index (χ1) is 12.9. The maximum Gasteiger partial charge on any atom is 0.341 e. The lowest BCUT2D eigenvalue weighted by atomic mass is 9.98. The van der Waals surface area contributed by atoms with Gasteiger partial charge in [-0.15, -0.1) is 0 Å². The van der Waals surface area contributed by atoms with Crippen molar-refractivity contribution in [1.82, 2.24) is 0 Å². The number of ether oxygens (including phenoxy) is 2. The molecule has 6 heteroatoms. The predicted molar refractivity (Wildman–Crippen MR) is 104 cm³/mol. The highest BCUT2D eigenvalue weighted by atomic mass is 16.5. The molecule has 1 heterocycles. The van der Waals surface area contributed by atoms with E-state index >= 15 is 0 Å². The Labute approximate surface area is 159 Å². The monoisotopic (exact) mass is 368 g/mol. The maximum absolute atomic E-state index is 12.8. The number of nitrogens with one attached hydrogen (secondary N) is 1. The van der Waals surface area contributed by atoms with Gasteiger partial charge in [-0.3, -0.25) is 4.79 Å². The summed E-state index contributed by atoms with van der Waals surface area (Å²) in [4.78, 5) is 26.8. The fraction of sp³-hybridized carbons (Fsp3) is 0.333. The standard InChI is InChI=1S/C21H24N2O4/c1-21(2)20(25)23(17-11-6-5-10-16(17)22-21)13-8-14-27-19(24)15-9-4-7-12-18(15)26-3/h4-7,9-12,22H,8,13-14H2,1-3H3. The average molecular weight is 368 g/mol. The average Bonchev–Trinajstić information content (AvgIpc) is 2.67. The second-order valence-corrected chi connectivity index (χ2v) is 6.91. The number of carbonyl (C=O) groups is 2. The highest BCUT2D eigenvalue weighted by Gasteiger charge is 2.38. The van der Waals surface area contributed by atoms with Crippen LogP contribution in [-0.2, 0) is 9.53 Å². The summed E-state index contributed by atoms with van der Waals surface area (Å²) in [6, 6.07) is 14.7. The molecule has 3 rings (SSSR count). The number of anilines is 2. The van der Waals surface area contributed by atoms with Crippen LogP contribution in [-0.4, -0.2) is 37.7 Å². The number of fused-ring (bicyclic) bond motifs is 1. The molecule has 1 N–H and O–H groups in total. The van der Waals surface area contributed by atoms with Crippen LogP contribution in [0.15, 0.2) is 48.5 Å². The first-order valence-electron chi connectivity index (χ1n) is 8.93. The Balaban J connectivity index is 1.62. The van der Waals surface area contributed by atoms with Gasteiger partial charge in [-0.2, -0.15) is 0 Å². The van der Waals surface area contributed by atoms with E-state index in [4.69, 9.17) is 9.47 Å². The fourth-order valence-electron chi connectivity index (χ4n) is 3.15. The maximum atomic E-state index is 12.8. The van der Waals surface area contributed by atoms with Crippen LogP contribution in [0.3, 0.4) is 0 Å². The van der Waals surface area contributed by atoms with E-state index in [0.717, 1.165) is 11.4 Å². The van der Waals surface area contributed by atoms with Crippen LogP contribution in [0.2, 0.25) is 0 Å². The highest BCUT2D eigenvalue weighted by molar-refractivity contribution is 6.07. The van der Waals surface area contributed by atoms with Gasteiger partial charge in [0.1, 0.15) is 16.9 Å². The molecule has 2 aromatic carbocycles. The van der Waals surface area contributed by atoms with Crippen molar-refractivity contribution in [1.29, 1.82) is 0 Å². The summed E-state index contributed by atoms with van der Waals surface area (Å²) in [5.41, 5.74) is 1.48. The molecule has 0 fully saturated rings. The number of hydrogen-bond donors (Lipinski definition) is 1. The molecular weight excluding hydrogens is 344 g/mol. The van der Waals surface area contributed by atoms with Crippen LogP contribution in [0, 0.1) is 0 Å². The SMILES string of the molecule is COc1ccccc1C(=O)OCCCN1C(=O)C(C)(C)Nc2ccccc21. The highest BCUT2D eigenvalue weighted by Crippen LogP contribution is 2.35. The normalized spacial score (nSPS) is 14.9. The number of methoxy groups -OCH3 is 1. The Kier molecular flexibility index (Phi) is 5.35. The molecule has 0 spiro atoms. The van der Waals surface area contributed by atoms with Crippen LogP contribution < -0.4 is 15.0 Å². The van der Waals surface area contributed by atoms with Gasteiger partial charge < -0.3 is 19.7 Å². The Morgan fingerprint density at radius 3 is 2.59 bits per heavy atom. The minimum Gasteiger partial charge on any atom is -0.496 e. The number of rotatable bonds is 6. The minimum atomic E-state index is -0.678. The third kappa shape index (κ3) is 3.89. The largest absolute Gasteiger partial charge is 0.496 e. The van der Waals surface area contributed by atoms with Crippen molar-refractivity contribution in [3.63, 3.8) is 0 Å². The second-order valence-electron chi connectivity index (χ2n) is 6.91. The lowest BCUT2D eigenvalue weighted by Crippen LogP contribution is -2.54. The van der Waals surface area contributed by atoms with E-state index in [1.54, 1.807) is 29.2 Å². The summed E-state index contributed by atoms with van der Waals surface area (Å²) in [6.45, 7) is 4.41. The van der Waals surface area contributed by atoms with Crippen LogP contribution >= 0.6 is 0 Å². The van der Waals surface area contributed by atoms with Crippen molar-refractivity contribution in [2.75, 3.05) is 30.5 Å². The quantitative estimate of drug-likeness (QED) is 0.625. The Morgan fingerprint density at radius 2 is 1.81 bits per heavy atom. The smallest absolute Gasteiger partial charge is 0.341 e. The summed E-state index contributed by atoms with van der Waals surface area (Å²) in [5.74, 6) is 0.0486.